The van der Waals surface area contributed by atoms with Crippen molar-refractivity contribution in [3.8, 4) is 11.3 Å². The fourth-order valence-corrected chi connectivity index (χ4v) is 3.18. The molecule has 1 aromatic carbocycles. The third-order valence-electron chi connectivity index (χ3n) is 4.77. The van der Waals surface area contributed by atoms with Gasteiger partial charge in [0.05, 0.1) is 6.54 Å². The van der Waals surface area contributed by atoms with E-state index in [9.17, 15) is 4.79 Å². The molecular formula is C20H26N2O2. The Kier molecular flexibility index (Phi) is 4.74. The molecule has 1 fully saturated rings. The zero-order chi connectivity index (χ0) is 17.2. The van der Waals surface area contributed by atoms with Crippen LogP contribution in [0, 0.1) is 5.92 Å². The molecule has 0 unspecified atom stereocenters. The maximum atomic E-state index is 12.1. The van der Waals surface area contributed by atoms with E-state index in [1.807, 2.05) is 6.07 Å². The van der Waals surface area contributed by atoms with Crippen molar-refractivity contribution in [1.29, 1.82) is 0 Å². The SMILES string of the molecule is CC(C)(C)c1ccc(-c2cc(CNC(=O)C3CCCC3)on2)cc1. The predicted octanol–water partition coefficient (Wildman–Crippen LogP) is 4.45. The highest BCUT2D eigenvalue weighted by molar-refractivity contribution is 5.78. The number of carbonyl (C=O) groups is 1. The van der Waals surface area contributed by atoms with Gasteiger partial charge in [-0.05, 0) is 23.8 Å². The van der Waals surface area contributed by atoms with E-state index in [-0.39, 0.29) is 17.2 Å². The van der Waals surface area contributed by atoms with Crippen LogP contribution in [0.15, 0.2) is 34.9 Å². The summed E-state index contributed by atoms with van der Waals surface area (Å²) < 4.78 is 5.36. The number of nitrogens with one attached hydrogen (secondary N) is 1. The number of amides is 1. The Morgan fingerprint density at radius 2 is 1.88 bits per heavy atom. The van der Waals surface area contributed by atoms with E-state index in [2.05, 4.69) is 55.5 Å². The van der Waals surface area contributed by atoms with Gasteiger partial charge in [0.1, 0.15) is 5.69 Å². The van der Waals surface area contributed by atoms with Crippen molar-refractivity contribution in [2.45, 2.75) is 58.4 Å². The second kappa shape index (κ2) is 6.80. The van der Waals surface area contributed by atoms with Crippen molar-refractivity contribution >= 4 is 5.91 Å². The van der Waals surface area contributed by atoms with Crippen molar-refractivity contribution < 1.29 is 9.32 Å². The highest BCUT2D eigenvalue weighted by atomic mass is 16.5. The van der Waals surface area contributed by atoms with Gasteiger partial charge < -0.3 is 9.84 Å². The van der Waals surface area contributed by atoms with Crippen LogP contribution in [0.5, 0.6) is 0 Å². The lowest BCUT2D eigenvalue weighted by Gasteiger charge is -2.18. The molecule has 1 aromatic heterocycles. The molecule has 3 rings (SSSR count). The van der Waals surface area contributed by atoms with E-state index in [4.69, 9.17) is 4.52 Å². The van der Waals surface area contributed by atoms with Crippen LogP contribution in [-0.2, 0) is 16.8 Å². The van der Waals surface area contributed by atoms with Crippen molar-refractivity contribution in [1.82, 2.24) is 10.5 Å². The van der Waals surface area contributed by atoms with Crippen molar-refractivity contribution in [3.05, 3.63) is 41.7 Å². The quantitative estimate of drug-likeness (QED) is 0.903. The van der Waals surface area contributed by atoms with E-state index in [0.29, 0.717) is 12.3 Å². The summed E-state index contributed by atoms with van der Waals surface area (Å²) in [5.41, 5.74) is 3.26. The average Bonchev–Trinajstić information content (AvgIpc) is 3.23. The van der Waals surface area contributed by atoms with Gasteiger partial charge in [-0.25, -0.2) is 0 Å². The van der Waals surface area contributed by atoms with Crippen LogP contribution in [0.3, 0.4) is 0 Å². The molecule has 1 saturated carbocycles. The Bertz CT molecular complexity index is 689. The first-order valence-electron chi connectivity index (χ1n) is 8.78. The molecule has 4 nitrogen and oxygen atoms in total. The zero-order valence-corrected chi connectivity index (χ0v) is 14.8. The minimum atomic E-state index is 0.137. The van der Waals surface area contributed by atoms with Gasteiger partial charge in [-0.15, -0.1) is 0 Å². The first-order valence-corrected chi connectivity index (χ1v) is 8.78. The summed E-state index contributed by atoms with van der Waals surface area (Å²) >= 11 is 0. The molecule has 2 aromatic rings. The number of nitrogens with zero attached hydrogens (tertiary/aromatic N) is 1. The zero-order valence-electron chi connectivity index (χ0n) is 14.8. The third-order valence-corrected chi connectivity index (χ3v) is 4.77. The van der Waals surface area contributed by atoms with Gasteiger partial charge in [0, 0.05) is 17.5 Å². The predicted molar refractivity (Wildman–Crippen MR) is 94.4 cm³/mol. The largest absolute Gasteiger partial charge is 0.359 e. The highest BCUT2D eigenvalue weighted by Gasteiger charge is 2.22. The molecule has 24 heavy (non-hydrogen) atoms. The standard InChI is InChI=1S/C20H26N2O2/c1-20(2,3)16-10-8-14(9-11-16)18-12-17(24-22-18)13-21-19(23)15-6-4-5-7-15/h8-12,15H,4-7,13H2,1-3H3,(H,21,23). The second-order valence-corrected chi connectivity index (χ2v) is 7.70. The summed E-state index contributed by atoms with van der Waals surface area (Å²) in [4.78, 5) is 12.1. The number of aromatic nitrogens is 1. The number of hydrogen-bond acceptors (Lipinski definition) is 3. The lowest BCUT2D eigenvalue weighted by molar-refractivity contribution is -0.125. The van der Waals surface area contributed by atoms with Crippen LogP contribution in [0.2, 0.25) is 0 Å². The van der Waals surface area contributed by atoms with Crippen molar-refractivity contribution in [2.75, 3.05) is 0 Å². The molecule has 0 bridgehead atoms. The Morgan fingerprint density at radius 1 is 1.21 bits per heavy atom. The molecular weight excluding hydrogens is 300 g/mol. The summed E-state index contributed by atoms with van der Waals surface area (Å²) in [6.07, 6.45) is 4.34. The smallest absolute Gasteiger partial charge is 0.223 e. The Labute approximate surface area is 143 Å². The number of benzene rings is 1. The minimum Gasteiger partial charge on any atom is -0.359 e. The van der Waals surface area contributed by atoms with Crippen LogP contribution < -0.4 is 5.32 Å². The summed E-state index contributed by atoms with van der Waals surface area (Å²) in [6, 6.07) is 10.3. The van der Waals surface area contributed by atoms with E-state index in [1.54, 1.807) is 0 Å². The van der Waals surface area contributed by atoms with Crippen LogP contribution >= 0.6 is 0 Å². The van der Waals surface area contributed by atoms with Gasteiger partial charge in [0.2, 0.25) is 5.91 Å². The second-order valence-electron chi connectivity index (χ2n) is 7.70. The van der Waals surface area contributed by atoms with Gasteiger partial charge in [0.15, 0.2) is 5.76 Å². The summed E-state index contributed by atoms with van der Waals surface area (Å²) in [7, 11) is 0. The molecule has 0 radical (unpaired) electrons. The minimum absolute atomic E-state index is 0.137. The Balaban J connectivity index is 1.61. The molecule has 128 valence electrons. The third kappa shape index (κ3) is 3.86. The van der Waals surface area contributed by atoms with Gasteiger partial charge in [-0.2, -0.15) is 0 Å². The van der Waals surface area contributed by atoms with Crippen LogP contribution in [-0.4, -0.2) is 11.1 Å². The summed E-state index contributed by atoms with van der Waals surface area (Å²) in [6.45, 7) is 7.00. The normalized spacial score (nSPS) is 15.6. The molecule has 1 aliphatic carbocycles. The van der Waals surface area contributed by atoms with Crippen LogP contribution in [0.4, 0.5) is 0 Å². The first-order chi connectivity index (χ1) is 11.4. The molecule has 4 heteroatoms. The van der Waals surface area contributed by atoms with E-state index in [1.165, 1.54) is 5.56 Å². The fourth-order valence-electron chi connectivity index (χ4n) is 3.18. The molecule has 1 amide bonds. The van der Waals surface area contributed by atoms with Gasteiger partial charge in [0.25, 0.3) is 0 Å². The van der Waals surface area contributed by atoms with Crippen LogP contribution in [0.25, 0.3) is 11.3 Å². The molecule has 0 saturated heterocycles. The van der Waals surface area contributed by atoms with Gasteiger partial charge in [-0.1, -0.05) is 63.0 Å². The fraction of sp³-hybridized carbons (Fsp3) is 0.500. The average molecular weight is 326 g/mol. The molecule has 0 aliphatic heterocycles. The van der Waals surface area contributed by atoms with Gasteiger partial charge >= 0.3 is 0 Å². The number of rotatable bonds is 4. The topological polar surface area (TPSA) is 55.1 Å². The Hall–Kier alpha value is -2.10. The van der Waals surface area contributed by atoms with E-state index in [0.717, 1.165) is 36.9 Å². The number of carbonyl (C=O) groups excluding carboxylic acids is 1. The molecule has 1 aliphatic rings. The first kappa shape index (κ1) is 16.7. The summed E-state index contributed by atoms with van der Waals surface area (Å²) in [5, 5.41) is 7.09. The van der Waals surface area contributed by atoms with Crippen LogP contribution in [0.1, 0.15) is 57.8 Å². The highest BCUT2D eigenvalue weighted by Crippen LogP contribution is 2.27. The van der Waals surface area contributed by atoms with Crippen molar-refractivity contribution in [3.63, 3.8) is 0 Å². The molecule has 0 spiro atoms. The van der Waals surface area contributed by atoms with E-state index >= 15 is 0 Å². The monoisotopic (exact) mass is 326 g/mol. The lowest BCUT2D eigenvalue weighted by Crippen LogP contribution is -2.28. The van der Waals surface area contributed by atoms with Crippen molar-refractivity contribution in [2.24, 2.45) is 5.92 Å². The summed E-state index contributed by atoms with van der Waals surface area (Å²) in [5.74, 6) is 1.01. The Morgan fingerprint density at radius 3 is 2.50 bits per heavy atom. The molecule has 0 atom stereocenters. The lowest BCUT2D eigenvalue weighted by atomic mass is 9.86. The maximum absolute atomic E-state index is 12.1. The molecule has 1 N–H and O–H groups in total. The molecule has 1 heterocycles. The maximum Gasteiger partial charge on any atom is 0.223 e. The number of hydrogen-bond donors (Lipinski definition) is 1. The van der Waals surface area contributed by atoms with Gasteiger partial charge in [-0.3, -0.25) is 4.79 Å². The van der Waals surface area contributed by atoms with E-state index < -0.39 is 0 Å².